The monoisotopic (exact) mass is 730 g/mol. The summed E-state index contributed by atoms with van der Waals surface area (Å²) >= 11 is 0. The first-order valence-electron chi connectivity index (χ1n) is 20.3. The molecule has 53 heavy (non-hydrogen) atoms. The summed E-state index contributed by atoms with van der Waals surface area (Å²) < 4.78 is 12.9. The molecule has 292 valence electrons. The fraction of sp³-hybridized carbons (Fsp3) is 0.556. The quantitative estimate of drug-likeness (QED) is 0.0381. The second kappa shape index (κ2) is 31.5. The third kappa shape index (κ3) is 24.0. The highest BCUT2D eigenvalue weighted by Crippen LogP contribution is 2.27. The zero-order valence-electron chi connectivity index (χ0n) is 32.7. The molecule has 1 fully saturated rings. The van der Waals surface area contributed by atoms with Crippen LogP contribution in [0.4, 0.5) is 5.82 Å². The van der Waals surface area contributed by atoms with Crippen molar-refractivity contribution in [2.45, 2.75) is 155 Å². The summed E-state index contributed by atoms with van der Waals surface area (Å²) in [6.07, 6.45) is 49.7. The van der Waals surface area contributed by atoms with Crippen LogP contribution >= 0.6 is 0 Å². The van der Waals surface area contributed by atoms with Crippen molar-refractivity contribution in [3.05, 3.63) is 108 Å². The van der Waals surface area contributed by atoms with Crippen molar-refractivity contribution in [2.24, 2.45) is 0 Å². The van der Waals surface area contributed by atoms with Crippen LogP contribution in [0.2, 0.25) is 0 Å². The highest BCUT2D eigenvalue weighted by molar-refractivity contribution is 5.89. The van der Waals surface area contributed by atoms with Crippen molar-refractivity contribution in [1.29, 1.82) is 0 Å². The number of unbranched alkanes of at least 4 members (excludes halogenated alkanes) is 8. The number of allylic oxidation sites excluding steroid dienone is 14. The van der Waals surface area contributed by atoms with Crippen molar-refractivity contribution in [2.75, 3.05) is 11.9 Å². The van der Waals surface area contributed by atoms with Crippen LogP contribution in [-0.2, 0) is 19.1 Å². The molecule has 1 N–H and O–H groups in total. The molecular formula is C45H67N3O5. The second-order valence-corrected chi connectivity index (χ2v) is 13.4. The van der Waals surface area contributed by atoms with Gasteiger partial charge in [0.15, 0.2) is 0 Å². The number of rotatable bonds is 29. The lowest BCUT2D eigenvalue weighted by atomic mass is 10.1. The maximum absolute atomic E-state index is 12.7. The van der Waals surface area contributed by atoms with Crippen LogP contribution in [-0.4, -0.2) is 34.1 Å². The number of hydrogen-bond donors (Lipinski definition) is 1. The maximum Gasteiger partial charge on any atom is 0.351 e. The minimum absolute atomic E-state index is 0.149. The van der Waals surface area contributed by atoms with Gasteiger partial charge >= 0.3 is 11.7 Å². The van der Waals surface area contributed by atoms with Crippen molar-refractivity contribution in [1.82, 2.24) is 9.55 Å². The SMILES string of the molecule is CC/C=C\C/C=C\C/C=C\C=C/CCCCCC(=O)Nc1ccn(C2CC[C@@H](COC(=O)CCCCCCC/C=C\C/C=C\C/C=C\CC)O2)c(=O)n1. The fourth-order valence-electron chi connectivity index (χ4n) is 5.74. The van der Waals surface area contributed by atoms with Crippen LogP contribution in [0.3, 0.4) is 0 Å². The molecule has 8 nitrogen and oxygen atoms in total. The minimum atomic E-state index is -0.481. The normalized spacial score (nSPS) is 16.6. The van der Waals surface area contributed by atoms with Crippen molar-refractivity contribution in [3.8, 4) is 0 Å². The number of ether oxygens (including phenoxy) is 2. The zero-order chi connectivity index (χ0) is 38.0. The fourth-order valence-corrected chi connectivity index (χ4v) is 5.74. The molecule has 0 saturated carbocycles. The lowest BCUT2D eigenvalue weighted by Gasteiger charge is -2.16. The third-order valence-corrected chi connectivity index (χ3v) is 8.73. The molecule has 0 aromatic carbocycles. The number of amides is 1. The third-order valence-electron chi connectivity index (χ3n) is 8.73. The summed E-state index contributed by atoms with van der Waals surface area (Å²) in [6.45, 7) is 4.47. The number of aromatic nitrogens is 2. The Hall–Kier alpha value is -4.04. The van der Waals surface area contributed by atoms with Gasteiger partial charge in [-0.2, -0.15) is 4.98 Å². The Morgan fingerprint density at radius 3 is 2.00 bits per heavy atom. The molecule has 2 rings (SSSR count). The molecule has 2 heterocycles. The first kappa shape index (κ1) is 45.1. The molecule has 1 aromatic rings. The molecule has 0 bridgehead atoms. The molecular weight excluding hydrogens is 663 g/mol. The Morgan fingerprint density at radius 2 is 1.30 bits per heavy atom. The van der Waals surface area contributed by atoms with Gasteiger partial charge in [-0.05, 0) is 96.0 Å². The number of esters is 1. The largest absolute Gasteiger partial charge is 0.463 e. The minimum Gasteiger partial charge on any atom is -0.463 e. The van der Waals surface area contributed by atoms with E-state index in [1.807, 2.05) is 0 Å². The molecule has 1 aromatic heterocycles. The first-order chi connectivity index (χ1) is 26.0. The Morgan fingerprint density at radius 1 is 0.736 bits per heavy atom. The molecule has 1 saturated heterocycles. The van der Waals surface area contributed by atoms with Gasteiger partial charge in [-0.1, -0.05) is 125 Å². The molecule has 0 radical (unpaired) electrons. The first-order valence-corrected chi connectivity index (χ1v) is 20.3. The van der Waals surface area contributed by atoms with E-state index in [1.165, 1.54) is 17.4 Å². The summed E-state index contributed by atoms with van der Waals surface area (Å²) in [5.41, 5.74) is -0.481. The topological polar surface area (TPSA) is 99.5 Å². The average molecular weight is 730 g/mol. The van der Waals surface area contributed by atoms with E-state index in [9.17, 15) is 14.4 Å². The van der Waals surface area contributed by atoms with Crippen LogP contribution in [0.25, 0.3) is 0 Å². The Balaban J connectivity index is 1.51. The summed E-state index contributed by atoms with van der Waals surface area (Å²) in [7, 11) is 0. The van der Waals surface area contributed by atoms with Gasteiger partial charge in [0.05, 0.1) is 6.10 Å². The average Bonchev–Trinajstić information content (AvgIpc) is 3.62. The predicted molar refractivity (Wildman–Crippen MR) is 220 cm³/mol. The van der Waals surface area contributed by atoms with E-state index < -0.39 is 11.9 Å². The molecule has 8 heteroatoms. The Labute approximate surface area is 319 Å². The van der Waals surface area contributed by atoms with E-state index in [1.54, 1.807) is 12.3 Å². The molecule has 1 aliphatic heterocycles. The summed E-state index contributed by atoms with van der Waals surface area (Å²) in [4.78, 5) is 41.4. The number of carbonyl (C=O) groups excluding carboxylic acids is 2. The molecule has 1 amide bonds. The van der Waals surface area contributed by atoms with Crippen molar-refractivity contribution >= 4 is 17.7 Å². The summed E-state index contributed by atoms with van der Waals surface area (Å²) in [5.74, 6) is -0.107. The highest BCUT2D eigenvalue weighted by Gasteiger charge is 2.28. The van der Waals surface area contributed by atoms with Gasteiger partial charge in [0.2, 0.25) is 5.91 Å². The van der Waals surface area contributed by atoms with E-state index in [2.05, 4.69) is 109 Å². The van der Waals surface area contributed by atoms with Gasteiger partial charge in [-0.25, -0.2) is 4.79 Å². The molecule has 1 aliphatic rings. The van der Waals surface area contributed by atoms with Crippen molar-refractivity contribution in [3.63, 3.8) is 0 Å². The lowest BCUT2D eigenvalue weighted by molar-refractivity contribution is -0.148. The van der Waals surface area contributed by atoms with E-state index >= 15 is 0 Å². The van der Waals surface area contributed by atoms with Crippen molar-refractivity contribution < 1.29 is 19.1 Å². The van der Waals surface area contributed by atoms with Gasteiger partial charge in [-0.3, -0.25) is 14.2 Å². The number of nitrogens with one attached hydrogen (secondary N) is 1. The number of nitrogens with zero attached hydrogens (tertiary/aromatic N) is 2. The standard InChI is InChI=1S/C45H67N3O5/c1-3-5-7-9-11-13-15-17-19-21-23-25-27-29-31-33-42(49)46-41-37-38-48(45(51)47-41)43-36-35-40(53-43)39-52-44(50)34-32-30-28-26-24-22-20-18-16-14-12-10-8-6-4-2/h5-8,11-14,17-21,23,37-38,40,43H,3-4,9-10,15-16,22,24-36,39H2,1-2H3,(H,46,47,49,51)/b7-5-,8-6-,13-11-,14-12-,19-17-,20-18-,23-21-/t40-,43?/m0/s1. The maximum atomic E-state index is 12.7. The predicted octanol–water partition coefficient (Wildman–Crippen LogP) is 11.4. The van der Waals surface area contributed by atoms with Gasteiger partial charge in [0.1, 0.15) is 18.7 Å². The van der Waals surface area contributed by atoms with Crippen LogP contribution in [0.15, 0.2) is 102 Å². The van der Waals surface area contributed by atoms with E-state index in [0.29, 0.717) is 25.7 Å². The second-order valence-electron chi connectivity index (χ2n) is 13.4. The molecule has 2 atom stereocenters. The highest BCUT2D eigenvalue weighted by atomic mass is 16.6. The zero-order valence-corrected chi connectivity index (χ0v) is 32.7. The lowest BCUT2D eigenvalue weighted by Crippen LogP contribution is -2.29. The van der Waals surface area contributed by atoms with Gasteiger partial charge in [0.25, 0.3) is 0 Å². The van der Waals surface area contributed by atoms with Crippen LogP contribution in [0.1, 0.15) is 148 Å². The molecule has 0 aliphatic carbocycles. The van der Waals surface area contributed by atoms with Gasteiger partial charge in [-0.15, -0.1) is 0 Å². The molecule has 0 spiro atoms. The van der Waals surface area contributed by atoms with Gasteiger partial charge < -0.3 is 14.8 Å². The van der Waals surface area contributed by atoms with E-state index in [0.717, 1.165) is 89.9 Å². The smallest absolute Gasteiger partial charge is 0.351 e. The molecule has 1 unspecified atom stereocenters. The van der Waals surface area contributed by atoms with Crippen LogP contribution < -0.4 is 11.0 Å². The van der Waals surface area contributed by atoms with Crippen LogP contribution in [0.5, 0.6) is 0 Å². The Kier molecular flexibility index (Phi) is 26.8. The van der Waals surface area contributed by atoms with E-state index in [4.69, 9.17) is 9.47 Å². The number of hydrogen-bond acceptors (Lipinski definition) is 6. The summed E-state index contributed by atoms with van der Waals surface area (Å²) in [6, 6.07) is 1.62. The van der Waals surface area contributed by atoms with E-state index in [-0.39, 0.29) is 30.4 Å². The number of carbonyl (C=O) groups is 2. The van der Waals surface area contributed by atoms with Gasteiger partial charge in [0, 0.05) is 19.0 Å². The summed E-state index contributed by atoms with van der Waals surface area (Å²) in [5, 5.41) is 2.74. The van der Waals surface area contributed by atoms with Crippen LogP contribution in [0, 0.1) is 0 Å². The Bertz CT molecular complexity index is 1400. The number of anilines is 1.